The average molecular weight is 501 g/mol. The van der Waals surface area contributed by atoms with Gasteiger partial charge in [0.15, 0.2) is 11.5 Å². The Morgan fingerprint density at radius 1 is 1.27 bits per heavy atom. The van der Waals surface area contributed by atoms with E-state index >= 15 is 0 Å². The Kier molecular flexibility index (Phi) is 10.4. The van der Waals surface area contributed by atoms with Crippen LogP contribution in [0, 0.1) is 17.2 Å². The second-order valence-electron chi connectivity index (χ2n) is 8.91. The quantitative estimate of drug-likeness (QED) is 0.562. The fourth-order valence-corrected chi connectivity index (χ4v) is 3.28. The lowest BCUT2D eigenvalue weighted by Crippen LogP contribution is -2.37. The van der Waals surface area contributed by atoms with E-state index in [2.05, 4.69) is 10.3 Å². The van der Waals surface area contributed by atoms with E-state index in [0.29, 0.717) is 0 Å². The van der Waals surface area contributed by atoms with E-state index in [-0.39, 0.29) is 58.9 Å². The highest BCUT2D eigenvalue weighted by Gasteiger charge is 2.19. The van der Waals surface area contributed by atoms with E-state index in [4.69, 9.17) is 10.5 Å². The van der Waals surface area contributed by atoms with Crippen molar-refractivity contribution < 1.29 is 23.5 Å². The van der Waals surface area contributed by atoms with Gasteiger partial charge >= 0.3 is 5.97 Å². The molecular weight excluding hydrogens is 471 g/mol. The molecule has 0 saturated heterocycles. The Labute approximate surface area is 202 Å². The Bertz CT molecular complexity index is 1060. The largest absolute Gasteiger partial charge is 0.443 e. The van der Waals surface area contributed by atoms with Gasteiger partial charge in [0, 0.05) is 23.6 Å². The van der Waals surface area contributed by atoms with Crippen molar-refractivity contribution in [3.63, 3.8) is 0 Å². The summed E-state index contributed by atoms with van der Waals surface area (Å²) >= 11 is 1.16. The zero-order valence-electron chi connectivity index (χ0n) is 19.3. The molecule has 2 rings (SSSR count). The molecule has 1 aromatic heterocycles. The van der Waals surface area contributed by atoms with Crippen molar-refractivity contribution in [2.24, 2.45) is 22.1 Å². The first-order valence-electron chi connectivity index (χ1n) is 10.1. The van der Waals surface area contributed by atoms with Crippen molar-refractivity contribution in [1.29, 1.82) is 0 Å². The zero-order chi connectivity index (χ0) is 24.1. The van der Waals surface area contributed by atoms with Gasteiger partial charge in [0.25, 0.3) is 5.91 Å². The minimum Gasteiger partial charge on any atom is -0.443 e. The summed E-state index contributed by atoms with van der Waals surface area (Å²) in [7, 11) is 0. The summed E-state index contributed by atoms with van der Waals surface area (Å²) in [6.45, 7) is 9.18. The summed E-state index contributed by atoms with van der Waals surface area (Å²) < 4.78 is 21.1. The first kappa shape index (κ1) is 28.5. The molecule has 0 radical (unpaired) electrons. The fourth-order valence-electron chi connectivity index (χ4n) is 2.56. The number of benzene rings is 1. The van der Waals surface area contributed by atoms with Crippen molar-refractivity contribution in [1.82, 2.24) is 4.57 Å². The Morgan fingerprint density at radius 3 is 2.52 bits per heavy atom. The molecule has 1 aromatic carbocycles. The number of ether oxygens (including phenoxy) is 1. The highest BCUT2D eigenvalue weighted by Crippen LogP contribution is 2.21. The molecule has 0 spiro atoms. The van der Waals surface area contributed by atoms with E-state index in [1.54, 1.807) is 11.6 Å². The van der Waals surface area contributed by atoms with E-state index < -0.39 is 23.7 Å². The third-order valence-electron chi connectivity index (χ3n) is 4.37. The summed E-state index contributed by atoms with van der Waals surface area (Å²) in [5, 5.41) is 4.19. The number of aromatic nitrogens is 1. The third-order valence-corrected chi connectivity index (χ3v) is 5.17. The number of nitrogens with zero attached hydrogens (tertiary/aromatic N) is 2. The van der Waals surface area contributed by atoms with Crippen molar-refractivity contribution in [3.05, 3.63) is 46.0 Å². The number of carbonyl (C=O) groups is 3. The topological polar surface area (TPSA) is 116 Å². The van der Waals surface area contributed by atoms with Crippen LogP contribution in [-0.4, -0.2) is 28.4 Å². The molecule has 1 unspecified atom stereocenters. The number of thiazole rings is 1. The van der Waals surface area contributed by atoms with E-state index in [9.17, 15) is 18.8 Å². The molecule has 0 aliphatic rings. The van der Waals surface area contributed by atoms with Crippen molar-refractivity contribution in [2.75, 3.05) is 5.32 Å². The summed E-state index contributed by atoms with van der Waals surface area (Å²) in [5.74, 6) is -2.34. The number of anilines is 1. The number of carbonyl (C=O) groups excluding carboxylic acids is 3. The Morgan fingerprint density at radius 2 is 1.94 bits per heavy atom. The van der Waals surface area contributed by atoms with Crippen LogP contribution in [0.2, 0.25) is 0 Å². The average Bonchev–Trinajstić information content (AvgIpc) is 3.12. The number of hydrogen-bond acceptors (Lipinski definition) is 6. The highest BCUT2D eigenvalue weighted by atomic mass is 35.5. The van der Waals surface area contributed by atoms with Crippen molar-refractivity contribution in [2.45, 2.75) is 53.8 Å². The normalized spacial score (nSPS) is 12.8. The fraction of sp³-hybridized carbons (Fsp3) is 0.455. The first-order chi connectivity index (χ1) is 14.9. The van der Waals surface area contributed by atoms with Crippen LogP contribution in [0.5, 0.6) is 0 Å². The van der Waals surface area contributed by atoms with Gasteiger partial charge in [-0.15, -0.1) is 23.7 Å². The molecule has 182 valence electrons. The molecule has 2 amide bonds. The van der Waals surface area contributed by atoms with Crippen LogP contribution in [0.15, 0.2) is 34.8 Å². The van der Waals surface area contributed by atoms with Gasteiger partial charge in [-0.05, 0) is 29.5 Å². The van der Waals surface area contributed by atoms with Gasteiger partial charge in [-0.1, -0.05) is 34.6 Å². The van der Waals surface area contributed by atoms with Crippen LogP contribution in [-0.2, 0) is 21.1 Å². The van der Waals surface area contributed by atoms with Crippen LogP contribution >= 0.6 is 23.7 Å². The summed E-state index contributed by atoms with van der Waals surface area (Å²) in [6.07, 6.45) is 1.84. The van der Waals surface area contributed by atoms with E-state index in [1.165, 1.54) is 16.7 Å². The standard InChI is InChI=1S/C22H29FN4O4S.ClH/c1-13(2)18(24)20(30)31-12-27-8-9-32-21(27)26-19(29)14-6-7-16(15(23)10-14)25-17(28)11-22(3,4)5;/h6-10,13,18H,11-12,24H2,1-5H3,(H,25,28);1H/b26-21-;. The van der Waals surface area contributed by atoms with Crippen LogP contribution < -0.4 is 15.9 Å². The van der Waals surface area contributed by atoms with Gasteiger partial charge in [0.05, 0.1) is 5.69 Å². The lowest BCUT2D eigenvalue weighted by atomic mass is 9.92. The number of amides is 2. The molecule has 0 aliphatic heterocycles. The number of nitrogens with two attached hydrogens (primary N) is 1. The molecule has 2 aromatic rings. The molecule has 0 saturated carbocycles. The number of halogens is 2. The van der Waals surface area contributed by atoms with Gasteiger partial charge in [-0.25, -0.2) is 4.39 Å². The first-order valence-corrected chi connectivity index (χ1v) is 11.0. The molecule has 3 N–H and O–H groups in total. The van der Waals surface area contributed by atoms with Gasteiger partial charge in [-0.3, -0.25) is 19.0 Å². The predicted molar refractivity (Wildman–Crippen MR) is 127 cm³/mol. The van der Waals surface area contributed by atoms with Crippen LogP contribution in [0.1, 0.15) is 51.4 Å². The van der Waals surface area contributed by atoms with Gasteiger partial charge < -0.3 is 15.8 Å². The molecule has 8 nitrogen and oxygen atoms in total. The van der Waals surface area contributed by atoms with Crippen molar-refractivity contribution in [3.8, 4) is 0 Å². The third kappa shape index (κ3) is 8.71. The second kappa shape index (κ2) is 12.1. The Hall–Kier alpha value is -2.56. The summed E-state index contributed by atoms with van der Waals surface area (Å²) in [6, 6.07) is 3.00. The number of nitrogens with one attached hydrogen (secondary N) is 1. The van der Waals surface area contributed by atoms with Crippen molar-refractivity contribution >= 4 is 47.2 Å². The van der Waals surface area contributed by atoms with E-state index in [1.807, 2.05) is 34.6 Å². The predicted octanol–water partition coefficient (Wildman–Crippen LogP) is 3.71. The monoisotopic (exact) mass is 500 g/mol. The highest BCUT2D eigenvalue weighted by molar-refractivity contribution is 7.07. The lowest BCUT2D eigenvalue weighted by molar-refractivity contribution is -0.150. The van der Waals surface area contributed by atoms with E-state index in [0.717, 1.165) is 17.4 Å². The molecule has 33 heavy (non-hydrogen) atoms. The molecule has 11 heteroatoms. The molecule has 0 bridgehead atoms. The SMILES string of the molecule is CC(C)C(N)C(=O)OCn1ccs/c1=N\C(=O)c1ccc(NC(=O)CC(C)(C)C)c(F)c1.Cl. The van der Waals surface area contributed by atoms with Crippen LogP contribution in [0.4, 0.5) is 10.1 Å². The minimum absolute atomic E-state index is 0. The molecular formula is C22H30ClFN4O4S. The maximum absolute atomic E-state index is 14.4. The number of esters is 1. The Balaban J connectivity index is 0.00000544. The summed E-state index contributed by atoms with van der Waals surface area (Å²) in [5.41, 5.74) is 5.54. The number of rotatable bonds is 7. The maximum Gasteiger partial charge on any atom is 0.324 e. The lowest BCUT2D eigenvalue weighted by Gasteiger charge is -2.17. The van der Waals surface area contributed by atoms with Gasteiger partial charge in [0.1, 0.15) is 11.9 Å². The molecule has 1 atom stereocenters. The maximum atomic E-state index is 14.4. The molecule has 0 aliphatic carbocycles. The molecule has 1 heterocycles. The smallest absolute Gasteiger partial charge is 0.324 e. The van der Waals surface area contributed by atoms with Crippen LogP contribution in [0.3, 0.4) is 0 Å². The zero-order valence-corrected chi connectivity index (χ0v) is 20.9. The minimum atomic E-state index is -0.748. The number of hydrogen-bond donors (Lipinski definition) is 2. The van der Waals surface area contributed by atoms with Crippen LogP contribution in [0.25, 0.3) is 0 Å². The molecule has 0 fully saturated rings. The van der Waals surface area contributed by atoms with Gasteiger partial charge in [-0.2, -0.15) is 4.99 Å². The second-order valence-corrected chi connectivity index (χ2v) is 9.79. The summed E-state index contributed by atoms with van der Waals surface area (Å²) in [4.78, 5) is 40.8. The van der Waals surface area contributed by atoms with Gasteiger partial charge in [0.2, 0.25) is 5.91 Å².